The molecule has 0 saturated carbocycles. The molecular formula is C16H31O7P. The Balaban J connectivity index is 1.97. The topological polar surface area (TPSA) is 94.5 Å². The van der Waals surface area contributed by atoms with E-state index in [1.807, 2.05) is 13.8 Å². The van der Waals surface area contributed by atoms with E-state index >= 15 is 0 Å². The third kappa shape index (κ3) is 4.39. The predicted octanol–water partition coefficient (Wildman–Crippen LogP) is 2.29. The van der Waals surface area contributed by atoms with Crippen LogP contribution in [0.3, 0.4) is 0 Å². The Hall–Kier alpha value is -0.0100. The molecular weight excluding hydrogens is 335 g/mol. The summed E-state index contributed by atoms with van der Waals surface area (Å²) in [5.41, 5.74) is 0. The molecule has 8 heteroatoms. The molecule has 142 valence electrons. The van der Waals surface area contributed by atoms with Crippen molar-refractivity contribution in [2.75, 3.05) is 12.8 Å². The van der Waals surface area contributed by atoms with Crippen molar-refractivity contribution < 1.29 is 33.5 Å². The largest absolute Gasteiger partial charge is 0.387 e. The maximum atomic E-state index is 13.1. The van der Waals surface area contributed by atoms with Crippen LogP contribution in [0.15, 0.2) is 0 Å². The zero-order chi connectivity index (χ0) is 18.3. The predicted molar refractivity (Wildman–Crippen MR) is 88.9 cm³/mol. The Morgan fingerprint density at radius 1 is 1.29 bits per heavy atom. The Bertz CT molecular complexity index is 485. The van der Waals surface area contributed by atoms with Gasteiger partial charge >= 0.3 is 0 Å². The van der Waals surface area contributed by atoms with E-state index in [-0.39, 0.29) is 12.1 Å². The first-order chi connectivity index (χ1) is 10.8. The Morgan fingerprint density at radius 2 is 1.92 bits per heavy atom. The first kappa shape index (κ1) is 20.3. The molecule has 0 aromatic rings. The molecule has 2 N–H and O–H groups in total. The quantitative estimate of drug-likeness (QED) is 0.668. The van der Waals surface area contributed by atoms with E-state index in [9.17, 15) is 14.8 Å². The van der Waals surface area contributed by atoms with Crippen LogP contribution >= 0.6 is 7.37 Å². The van der Waals surface area contributed by atoms with E-state index in [0.717, 1.165) is 0 Å². The summed E-state index contributed by atoms with van der Waals surface area (Å²) < 4.78 is 35.6. The lowest BCUT2D eigenvalue weighted by Gasteiger charge is -2.31. The molecule has 0 aliphatic carbocycles. The third-order valence-corrected chi connectivity index (χ3v) is 7.35. The van der Waals surface area contributed by atoms with E-state index in [1.54, 1.807) is 13.8 Å². The maximum Gasteiger partial charge on any atom is 0.233 e. The average Bonchev–Trinajstić information content (AvgIpc) is 2.87. The van der Waals surface area contributed by atoms with Crippen LogP contribution in [-0.2, 0) is 23.3 Å². The Kier molecular flexibility index (Phi) is 5.88. The first-order valence-electron chi connectivity index (χ1n) is 8.50. The molecule has 0 bridgehead atoms. The number of aliphatic hydroxyl groups is 2. The zero-order valence-electron chi connectivity index (χ0n) is 15.4. The zero-order valence-corrected chi connectivity index (χ0v) is 16.3. The van der Waals surface area contributed by atoms with Gasteiger partial charge in [0.15, 0.2) is 12.1 Å². The lowest BCUT2D eigenvalue weighted by molar-refractivity contribution is -0.214. The van der Waals surface area contributed by atoms with E-state index in [2.05, 4.69) is 0 Å². The molecule has 0 radical (unpaired) electrons. The lowest BCUT2D eigenvalue weighted by atomic mass is 10.1. The van der Waals surface area contributed by atoms with Gasteiger partial charge in [-0.2, -0.15) is 0 Å². The molecule has 5 atom stereocenters. The minimum absolute atomic E-state index is 0.119. The second-order valence-corrected chi connectivity index (χ2v) is 11.2. The fourth-order valence-electron chi connectivity index (χ4n) is 2.86. The monoisotopic (exact) mass is 366 g/mol. The summed E-state index contributed by atoms with van der Waals surface area (Å²) in [7, 11) is -3.31. The molecule has 2 aliphatic heterocycles. The summed E-state index contributed by atoms with van der Waals surface area (Å²) in [6.07, 6.45) is -2.19. The standard InChI is InChI=1S/C16H31O7P/c1-10(2)9-20-24(19,15(3,4)18)8-7-11-12(17)13-14(21-11)23-16(5,6)22-13/h10-14,17-18H,7-9H2,1-6H3/t11-,12+,13-,14-,24?/m1/s1. The van der Waals surface area contributed by atoms with Crippen LogP contribution in [0.4, 0.5) is 0 Å². The van der Waals surface area contributed by atoms with Gasteiger partial charge in [-0.25, -0.2) is 0 Å². The normalized spacial score (nSPS) is 35.2. The summed E-state index contributed by atoms with van der Waals surface area (Å²) in [6, 6.07) is 0. The van der Waals surface area contributed by atoms with Crippen LogP contribution in [0.25, 0.3) is 0 Å². The fourth-order valence-corrected chi connectivity index (χ4v) is 4.99. The van der Waals surface area contributed by atoms with Gasteiger partial charge in [-0.15, -0.1) is 0 Å². The highest BCUT2D eigenvalue weighted by Crippen LogP contribution is 2.58. The molecule has 24 heavy (non-hydrogen) atoms. The van der Waals surface area contributed by atoms with Crippen molar-refractivity contribution in [3.05, 3.63) is 0 Å². The lowest BCUT2D eigenvalue weighted by Crippen LogP contribution is -2.35. The fraction of sp³-hybridized carbons (Fsp3) is 1.00. The van der Waals surface area contributed by atoms with Crippen molar-refractivity contribution >= 4 is 7.37 Å². The Morgan fingerprint density at radius 3 is 2.42 bits per heavy atom. The molecule has 1 unspecified atom stereocenters. The van der Waals surface area contributed by atoms with Crippen LogP contribution in [0.1, 0.15) is 48.0 Å². The smallest absolute Gasteiger partial charge is 0.233 e. The number of ether oxygens (including phenoxy) is 3. The number of hydrogen-bond donors (Lipinski definition) is 2. The van der Waals surface area contributed by atoms with E-state index in [4.69, 9.17) is 18.7 Å². The van der Waals surface area contributed by atoms with Gasteiger partial charge in [-0.3, -0.25) is 4.57 Å². The number of rotatable bonds is 7. The van der Waals surface area contributed by atoms with Crippen LogP contribution < -0.4 is 0 Å². The van der Waals surface area contributed by atoms with Crippen LogP contribution in [0, 0.1) is 5.92 Å². The molecule has 7 nitrogen and oxygen atoms in total. The summed E-state index contributed by atoms with van der Waals surface area (Å²) >= 11 is 0. The van der Waals surface area contributed by atoms with Crippen molar-refractivity contribution in [2.45, 2.75) is 83.7 Å². The van der Waals surface area contributed by atoms with Gasteiger partial charge in [-0.1, -0.05) is 13.8 Å². The SMILES string of the molecule is CC(C)COP(=O)(CC[C@H]1O[C@@H]2OC(C)(C)O[C@@H]2[C@H]1O)C(C)(C)O. The second kappa shape index (κ2) is 6.95. The van der Waals surface area contributed by atoms with Gasteiger partial charge in [0, 0.05) is 6.16 Å². The number of fused-ring (bicyclic) bond motifs is 1. The van der Waals surface area contributed by atoms with Gasteiger partial charge in [0.05, 0.1) is 12.7 Å². The maximum absolute atomic E-state index is 13.1. The van der Waals surface area contributed by atoms with Crippen LogP contribution in [-0.4, -0.2) is 58.7 Å². The molecule has 2 rings (SSSR count). The summed E-state index contributed by atoms with van der Waals surface area (Å²) in [5.74, 6) is -0.582. The van der Waals surface area contributed by atoms with E-state index in [1.165, 1.54) is 13.8 Å². The molecule has 2 saturated heterocycles. The second-order valence-electron chi connectivity index (χ2n) is 8.00. The molecule has 0 spiro atoms. The van der Waals surface area contributed by atoms with Crippen LogP contribution in [0.5, 0.6) is 0 Å². The number of hydrogen-bond acceptors (Lipinski definition) is 7. The van der Waals surface area contributed by atoms with Gasteiger partial charge in [0.25, 0.3) is 0 Å². The number of aliphatic hydroxyl groups excluding tert-OH is 1. The van der Waals surface area contributed by atoms with Crippen molar-refractivity contribution in [2.24, 2.45) is 5.92 Å². The average molecular weight is 366 g/mol. The molecule has 2 fully saturated rings. The minimum Gasteiger partial charge on any atom is -0.387 e. The summed E-state index contributed by atoms with van der Waals surface area (Å²) in [4.78, 5) is 0. The third-order valence-electron chi connectivity index (χ3n) is 4.27. The molecule has 0 aromatic heterocycles. The van der Waals surface area contributed by atoms with Crippen LogP contribution in [0.2, 0.25) is 0 Å². The van der Waals surface area contributed by atoms with E-state index < -0.39 is 43.1 Å². The van der Waals surface area contributed by atoms with Crippen molar-refractivity contribution in [3.63, 3.8) is 0 Å². The van der Waals surface area contributed by atoms with Crippen molar-refractivity contribution in [3.8, 4) is 0 Å². The van der Waals surface area contributed by atoms with Crippen molar-refractivity contribution in [1.82, 2.24) is 0 Å². The molecule has 2 aliphatic rings. The summed E-state index contributed by atoms with van der Waals surface area (Å²) in [6.45, 7) is 10.7. The van der Waals surface area contributed by atoms with Gasteiger partial charge < -0.3 is 28.9 Å². The highest BCUT2D eigenvalue weighted by Gasteiger charge is 2.54. The first-order valence-corrected chi connectivity index (χ1v) is 10.3. The molecule has 0 aromatic carbocycles. The Labute approximate surface area is 144 Å². The highest BCUT2D eigenvalue weighted by molar-refractivity contribution is 7.60. The highest BCUT2D eigenvalue weighted by atomic mass is 31.2. The van der Waals surface area contributed by atoms with Gasteiger partial charge in [0.1, 0.15) is 17.6 Å². The molecule has 2 heterocycles. The van der Waals surface area contributed by atoms with E-state index in [0.29, 0.717) is 13.0 Å². The summed E-state index contributed by atoms with van der Waals surface area (Å²) in [5, 5.41) is 19.2. The van der Waals surface area contributed by atoms with Crippen molar-refractivity contribution in [1.29, 1.82) is 0 Å². The molecule has 0 amide bonds. The minimum atomic E-state index is -3.31. The van der Waals surface area contributed by atoms with Gasteiger partial charge in [-0.05, 0) is 40.0 Å². The van der Waals surface area contributed by atoms with Gasteiger partial charge in [0.2, 0.25) is 7.37 Å².